The molecular weight excluding hydrogens is 465 g/mol. The van der Waals surface area contributed by atoms with E-state index in [0.29, 0.717) is 18.2 Å². The number of allylic oxidation sites excluding steroid dienone is 1. The first-order valence-corrected chi connectivity index (χ1v) is 8.33. The van der Waals surface area contributed by atoms with Gasteiger partial charge in [0, 0.05) is 11.1 Å². The first-order chi connectivity index (χ1) is 14.4. The lowest BCUT2D eigenvalue weighted by atomic mass is 9.94. The summed E-state index contributed by atoms with van der Waals surface area (Å²) >= 11 is 0. The second kappa shape index (κ2) is 8.47. The lowest BCUT2D eigenvalue weighted by Gasteiger charge is -2.20. The van der Waals surface area contributed by atoms with Crippen molar-refractivity contribution in [3.05, 3.63) is 82.7 Å². The summed E-state index contributed by atoms with van der Waals surface area (Å²) < 4.78 is 146. The third kappa shape index (κ3) is 5.60. The second-order valence-corrected chi connectivity index (χ2v) is 6.48. The maximum absolute atomic E-state index is 14.5. The van der Waals surface area contributed by atoms with Crippen LogP contribution in [-0.4, -0.2) is 11.3 Å². The van der Waals surface area contributed by atoms with Crippen molar-refractivity contribution in [3.63, 3.8) is 0 Å². The topological polar surface area (TPSA) is 20.2 Å². The maximum Gasteiger partial charge on any atom is 0.419 e. The predicted molar refractivity (Wildman–Crippen MR) is 92.4 cm³/mol. The van der Waals surface area contributed by atoms with Crippen LogP contribution >= 0.6 is 0 Å². The minimum atomic E-state index is -5.37. The Balaban J connectivity index is 2.64. The molecule has 0 aliphatic carbocycles. The van der Waals surface area contributed by atoms with Crippen molar-refractivity contribution >= 4 is 11.6 Å². The summed E-state index contributed by atoms with van der Waals surface area (Å²) in [4.78, 5) is 0. The van der Waals surface area contributed by atoms with Crippen LogP contribution in [0.1, 0.15) is 33.7 Å². The van der Waals surface area contributed by atoms with E-state index < -0.39 is 69.7 Å². The summed E-state index contributed by atoms with van der Waals surface area (Å²) in [6.07, 6.45) is -16.1. The van der Waals surface area contributed by atoms with Gasteiger partial charge in [-0.05, 0) is 35.9 Å². The minimum Gasteiger partial charge on any atom is -0.508 e. The molecule has 0 aliphatic heterocycles. The zero-order valence-electron chi connectivity index (χ0n) is 15.4. The van der Waals surface area contributed by atoms with Gasteiger partial charge in [0.2, 0.25) is 0 Å². The van der Waals surface area contributed by atoms with Crippen molar-refractivity contribution in [3.8, 4) is 0 Å². The van der Waals surface area contributed by atoms with Crippen molar-refractivity contribution in [2.75, 3.05) is 0 Å². The van der Waals surface area contributed by atoms with Crippen LogP contribution in [0.4, 0.5) is 48.3 Å². The average Bonchev–Trinajstić information content (AvgIpc) is 2.63. The molecule has 2 rings (SSSR count). The molecule has 0 amide bonds. The third-order valence-corrected chi connectivity index (χ3v) is 4.23. The van der Waals surface area contributed by atoms with E-state index in [4.69, 9.17) is 0 Å². The van der Waals surface area contributed by atoms with Gasteiger partial charge in [0.1, 0.15) is 23.3 Å². The van der Waals surface area contributed by atoms with Crippen LogP contribution in [0, 0.1) is 5.82 Å². The molecule has 0 heterocycles. The molecule has 1 N–H and O–H groups in total. The molecule has 1 atom stereocenters. The van der Waals surface area contributed by atoms with E-state index in [1.54, 1.807) is 0 Å². The SMILES string of the molecule is C=C(O)c1ccc(/C(F)=C/C(c2ccc(F)c(C(F)(F)F)c2)C(F)(F)F)cc1C(F)(F)F. The van der Waals surface area contributed by atoms with Crippen molar-refractivity contribution < 1.29 is 53.4 Å². The number of rotatable bonds is 4. The summed E-state index contributed by atoms with van der Waals surface area (Å²) in [6, 6.07) is 1.62. The van der Waals surface area contributed by atoms with Crippen LogP contribution in [-0.2, 0) is 12.4 Å². The van der Waals surface area contributed by atoms with E-state index in [9.17, 15) is 53.4 Å². The maximum atomic E-state index is 14.5. The number of aliphatic hydroxyl groups excluding tert-OH is 1. The number of aliphatic hydroxyl groups is 1. The fraction of sp³-hybridized carbons (Fsp3) is 0.200. The van der Waals surface area contributed by atoms with E-state index in [2.05, 4.69) is 6.58 Å². The molecule has 0 fully saturated rings. The fourth-order valence-electron chi connectivity index (χ4n) is 2.75. The smallest absolute Gasteiger partial charge is 0.419 e. The summed E-state index contributed by atoms with van der Waals surface area (Å²) in [6.45, 7) is 2.91. The van der Waals surface area contributed by atoms with E-state index in [0.717, 1.165) is 0 Å². The lowest BCUT2D eigenvalue weighted by molar-refractivity contribution is -0.143. The minimum absolute atomic E-state index is 0.113. The van der Waals surface area contributed by atoms with E-state index >= 15 is 0 Å². The standard InChI is InChI=1S/C20H11F11O/c1-9(32)12-4-2-11(7-14(12)19(26,27)28)17(22)8-13(18(23,24)25)10-3-5-16(21)15(6-10)20(29,30)31/h2-8,13,32H,1H2/b17-8-. The Morgan fingerprint density at radius 3 is 1.88 bits per heavy atom. The monoisotopic (exact) mass is 476 g/mol. The van der Waals surface area contributed by atoms with Crippen molar-refractivity contribution in [1.29, 1.82) is 0 Å². The molecule has 32 heavy (non-hydrogen) atoms. The molecule has 0 spiro atoms. The largest absolute Gasteiger partial charge is 0.508 e. The molecule has 0 radical (unpaired) electrons. The molecule has 174 valence electrons. The van der Waals surface area contributed by atoms with Crippen molar-refractivity contribution in [1.82, 2.24) is 0 Å². The zero-order valence-corrected chi connectivity index (χ0v) is 15.4. The van der Waals surface area contributed by atoms with Crippen LogP contribution in [0.5, 0.6) is 0 Å². The molecule has 0 aliphatic rings. The summed E-state index contributed by atoms with van der Waals surface area (Å²) in [5.41, 5.74) is -6.65. The highest BCUT2D eigenvalue weighted by Crippen LogP contribution is 2.42. The summed E-state index contributed by atoms with van der Waals surface area (Å²) in [7, 11) is 0. The van der Waals surface area contributed by atoms with Gasteiger partial charge in [0.25, 0.3) is 0 Å². The Kier molecular flexibility index (Phi) is 6.68. The molecular formula is C20H11F11O. The van der Waals surface area contributed by atoms with Crippen LogP contribution in [0.15, 0.2) is 49.1 Å². The number of alkyl halides is 9. The van der Waals surface area contributed by atoms with Gasteiger partial charge < -0.3 is 5.11 Å². The Morgan fingerprint density at radius 2 is 1.41 bits per heavy atom. The molecule has 0 saturated heterocycles. The van der Waals surface area contributed by atoms with Gasteiger partial charge in [-0.3, -0.25) is 0 Å². The van der Waals surface area contributed by atoms with Crippen LogP contribution in [0.25, 0.3) is 11.6 Å². The van der Waals surface area contributed by atoms with Gasteiger partial charge in [0.05, 0.1) is 11.1 Å². The van der Waals surface area contributed by atoms with Crippen LogP contribution in [0.2, 0.25) is 0 Å². The quantitative estimate of drug-likeness (QED) is 0.350. The van der Waals surface area contributed by atoms with E-state index in [1.807, 2.05) is 0 Å². The fourth-order valence-corrected chi connectivity index (χ4v) is 2.75. The second-order valence-electron chi connectivity index (χ2n) is 6.48. The van der Waals surface area contributed by atoms with Gasteiger partial charge in [-0.2, -0.15) is 39.5 Å². The highest BCUT2D eigenvalue weighted by atomic mass is 19.4. The summed E-state index contributed by atoms with van der Waals surface area (Å²) in [5.74, 6) is -7.77. The molecule has 1 nitrogen and oxygen atoms in total. The highest BCUT2D eigenvalue weighted by Gasteiger charge is 2.42. The Labute approximate surface area is 173 Å². The number of benzene rings is 2. The Morgan fingerprint density at radius 1 is 0.844 bits per heavy atom. The zero-order chi connectivity index (χ0) is 24.6. The molecule has 12 heteroatoms. The number of hydrogen-bond acceptors (Lipinski definition) is 1. The molecule has 1 unspecified atom stereocenters. The van der Waals surface area contributed by atoms with Crippen molar-refractivity contribution in [2.45, 2.75) is 24.4 Å². The van der Waals surface area contributed by atoms with Gasteiger partial charge in [-0.1, -0.05) is 18.7 Å². The third-order valence-electron chi connectivity index (χ3n) is 4.23. The molecule has 0 saturated carbocycles. The number of hydrogen-bond donors (Lipinski definition) is 1. The predicted octanol–water partition coefficient (Wildman–Crippen LogP) is 8.05. The molecule has 0 bridgehead atoms. The average molecular weight is 476 g/mol. The van der Waals surface area contributed by atoms with Crippen LogP contribution in [0.3, 0.4) is 0 Å². The Bertz CT molecular complexity index is 1040. The van der Waals surface area contributed by atoms with E-state index in [1.165, 1.54) is 0 Å². The van der Waals surface area contributed by atoms with Gasteiger partial charge in [-0.15, -0.1) is 0 Å². The van der Waals surface area contributed by atoms with Crippen molar-refractivity contribution in [2.24, 2.45) is 0 Å². The van der Waals surface area contributed by atoms with Gasteiger partial charge >= 0.3 is 18.5 Å². The molecule has 0 aromatic heterocycles. The van der Waals surface area contributed by atoms with E-state index in [-0.39, 0.29) is 24.3 Å². The lowest BCUT2D eigenvalue weighted by Crippen LogP contribution is -2.20. The normalized spacial score (nSPS) is 14.4. The van der Waals surface area contributed by atoms with Crippen LogP contribution < -0.4 is 0 Å². The van der Waals surface area contributed by atoms with Gasteiger partial charge in [0.15, 0.2) is 0 Å². The van der Waals surface area contributed by atoms with Gasteiger partial charge in [-0.25, -0.2) is 8.78 Å². The first kappa shape index (κ1) is 25.2. The summed E-state index contributed by atoms with van der Waals surface area (Å²) in [5, 5.41) is 9.24. The first-order valence-electron chi connectivity index (χ1n) is 8.33. The molecule has 2 aromatic rings. The molecule has 2 aromatic carbocycles. The Hall–Kier alpha value is -3.05. The number of halogens is 11. The highest BCUT2D eigenvalue weighted by molar-refractivity contribution is 5.67.